The summed E-state index contributed by atoms with van der Waals surface area (Å²) in [4.78, 5) is -0.0418. The van der Waals surface area contributed by atoms with Crippen LogP contribution in [0.5, 0.6) is 5.75 Å². The monoisotopic (exact) mass is 344 g/mol. The van der Waals surface area contributed by atoms with Crippen LogP contribution >= 0.6 is 10.7 Å². The fraction of sp³-hybridized carbons (Fsp3) is 0.538. The Morgan fingerprint density at radius 1 is 1.29 bits per heavy atom. The van der Waals surface area contributed by atoms with Crippen molar-refractivity contribution in [2.45, 2.75) is 44.2 Å². The smallest absolute Gasteiger partial charge is 0.392 e. The van der Waals surface area contributed by atoms with E-state index in [1.54, 1.807) is 20.8 Å². The molecule has 8 heteroatoms. The molecule has 1 aromatic rings. The first-order chi connectivity index (χ1) is 9.42. The Kier molecular flexibility index (Phi) is 5.55. The van der Waals surface area contributed by atoms with Gasteiger partial charge >= 0.3 is 6.18 Å². The van der Waals surface area contributed by atoms with E-state index < -0.39 is 28.3 Å². The van der Waals surface area contributed by atoms with E-state index in [-0.39, 0.29) is 16.6 Å². The van der Waals surface area contributed by atoms with Gasteiger partial charge in [0.15, 0.2) is 0 Å². The lowest BCUT2D eigenvalue weighted by atomic mass is 10.0. The summed E-state index contributed by atoms with van der Waals surface area (Å²) in [5, 5.41) is 0. The Labute approximate surface area is 126 Å². The van der Waals surface area contributed by atoms with Gasteiger partial charge in [-0.25, -0.2) is 8.42 Å². The lowest BCUT2D eigenvalue weighted by Gasteiger charge is -2.16. The van der Waals surface area contributed by atoms with Gasteiger partial charge in [-0.3, -0.25) is 0 Å². The second-order valence-corrected chi connectivity index (χ2v) is 7.50. The first-order valence-corrected chi connectivity index (χ1v) is 8.51. The van der Waals surface area contributed by atoms with Gasteiger partial charge < -0.3 is 4.74 Å². The molecule has 0 fully saturated rings. The summed E-state index contributed by atoms with van der Waals surface area (Å²) in [5.41, 5.74) is 0.832. The van der Waals surface area contributed by atoms with Gasteiger partial charge in [0.1, 0.15) is 5.75 Å². The highest BCUT2D eigenvalue weighted by Crippen LogP contribution is 2.33. The highest BCUT2D eigenvalue weighted by Gasteiger charge is 2.27. The highest BCUT2D eigenvalue weighted by molar-refractivity contribution is 8.13. The molecule has 1 aromatic carbocycles. The highest BCUT2D eigenvalue weighted by atomic mass is 35.7. The largest absolute Gasteiger partial charge is 0.493 e. The van der Waals surface area contributed by atoms with E-state index in [1.165, 1.54) is 12.1 Å². The van der Waals surface area contributed by atoms with Crippen LogP contribution in [0.25, 0.3) is 0 Å². The molecule has 0 heterocycles. The third-order valence-electron chi connectivity index (χ3n) is 2.84. The third kappa shape index (κ3) is 5.39. The van der Waals surface area contributed by atoms with Gasteiger partial charge in [-0.2, -0.15) is 13.2 Å². The summed E-state index contributed by atoms with van der Waals surface area (Å²) in [7, 11) is 1.45. The van der Waals surface area contributed by atoms with Gasteiger partial charge in [0, 0.05) is 10.7 Å². The number of aryl methyl sites for hydroxylation is 1. The van der Waals surface area contributed by atoms with Crippen LogP contribution in [0.1, 0.15) is 37.3 Å². The maximum atomic E-state index is 12.1. The molecule has 0 atom stereocenters. The molecule has 3 nitrogen and oxygen atoms in total. The number of ether oxygens (including phenoxy) is 1. The van der Waals surface area contributed by atoms with Crippen molar-refractivity contribution in [1.82, 2.24) is 0 Å². The Hall–Kier alpha value is -0.950. The third-order valence-corrected chi connectivity index (χ3v) is 4.21. The molecule has 0 aliphatic heterocycles. The minimum absolute atomic E-state index is 0.0418. The van der Waals surface area contributed by atoms with Crippen LogP contribution in [0.2, 0.25) is 0 Å². The zero-order valence-electron chi connectivity index (χ0n) is 11.8. The van der Waals surface area contributed by atoms with Gasteiger partial charge in [-0.15, -0.1) is 0 Å². The number of hydrogen-bond acceptors (Lipinski definition) is 3. The predicted octanol–water partition coefficient (Wildman–Crippen LogP) is 4.38. The average molecular weight is 345 g/mol. The van der Waals surface area contributed by atoms with Crippen LogP contribution in [-0.2, 0) is 9.05 Å². The topological polar surface area (TPSA) is 43.4 Å². The lowest BCUT2D eigenvalue weighted by molar-refractivity contribution is -0.139. The molecule has 0 N–H and O–H groups in total. The van der Waals surface area contributed by atoms with Crippen LogP contribution in [0.3, 0.4) is 0 Å². The first kappa shape index (κ1) is 18.1. The van der Waals surface area contributed by atoms with Gasteiger partial charge in [0.2, 0.25) is 0 Å². The van der Waals surface area contributed by atoms with E-state index in [0.717, 1.165) is 0 Å². The molecule has 21 heavy (non-hydrogen) atoms. The quantitative estimate of drug-likeness (QED) is 0.745. The van der Waals surface area contributed by atoms with Gasteiger partial charge in [0.05, 0.1) is 17.9 Å². The normalized spacial score (nSPS) is 12.8. The van der Waals surface area contributed by atoms with E-state index in [0.29, 0.717) is 11.1 Å². The zero-order valence-corrected chi connectivity index (χ0v) is 13.4. The van der Waals surface area contributed by atoms with E-state index in [4.69, 9.17) is 15.4 Å². The van der Waals surface area contributed by atoms with Gasteiger partial charge in [0.25, 0.3) is 9.05 Å². The van der Waals surface area contributed by atoms with Crippen molar-refractivity contribution in [3.8, 4) is 5.75 Å². The van der Waals surface area contributed by atoms with Crippen molar-refractivity contribution in [3.63, 3.8) is 0 Å². The summed E-state index contributed by atoms with van der Waals surface area (Å²) in [6.45, 7) is 4.55. The maximum Gasteiger partial charge on any atom is 0.392 e. The number of halogens is 4. The second kappa shape index (κ2) is 6.44. The molecule has 0 radical (unpaired) electrons. The van der Waals surface area contributed by atoms with Crippen LogP contribution < -0.4 is 4.74 Å². The SMILES string of the molecule is Cc1cc(S(=O)(=O)Cl)c(C(C)C)cc1OCCC(F)(F)F. The Morgan fingerprint density at radius 2 is 1.86 bits per heavy atom. The second-order valence-electron chi connectivity index (χ2n) is 4.96. The van der Waals surface area contributed by atoms with E-state index in [2.05, 4.69) is 0 Å². The van der Waals surface area contributed by atoms with Crippen molar-refractivity contribution in [3.05, 3.63) is 23.3 Å². The fourth-order valence-corrected chi connectivity index (χ4v) is 3.07. The number of rotatable bonds is 5. The number of alkyl halides is 3. The molecule has 0 aliphatic carbocycles. The van der Waals surface area contributed by atoms with Crippen molar-refractivity contribution < 1.29 is 26.3 Å². The molecule has 1 rings (SSSR count). The minimum atomic E-state index is -4.30. The Bertz CT molecular complexity index is 610. The summed E-state index contributed by atoms with van der Waals surface area (Å²) in [6.07, 6.45) is -5.37. The molecule has 0 spiro atoms. The molecule has 0 aromatic heterocycles. The standard InChI is InChI=1S/C13H16ClF3O3S/c1-8(2)10-7-11(20-5-4-13(15,16)17)9(3)6-12(10)21(14,18)19/h6-8H,4-5H2,1-3H3. The van der Waals surface area contributed by atoms with Gasteiger partial charge in [-0.1, -0.05) is 13.8 Å². The van der Waals surface area contributed by atoms with Crippen LogP contribution in [0.15, 0.2) is 17.0 Å². The van der Waals surface area contributed by atoms with Crippen molar-refractivity contribution in [1.29, 1.82) is 0 Å². The van der Waals surface area contributed by atoms with Crippen molar-refractivity contribution >= 4 is 19.7 Å². The van der Waals surface area contributed by atoms with E-state index in [9.17, 15) is 21.6 Å². The summed E-state index contributed by atoms with van der Waals surface area (Å²) in [5.74, 6) is 0.0612. The van der Waals surface area contributed by atoms with Crippen LogP contribution in [0, 0.1) is 6.92 Å². The number of benzene rings is 1. The molecule has 0 unspecified atom stereocenters. The van der Waals surface area contributed by atoms with Crippen LogP contribution in [0.4, 0.5) is 13.2 Å². The number of hydrogen-bond donors (Lipinski definition) is 0. The van der Waals surface area contributed by atoms with Gasteiger partial charge in [-0.05, 0) is 36.1 Å². The Morgan fingerprint density at radius 3 is 2.29 bits per heavy atom. The molecule has 0 saturated heterocycles. The van der Waals surface area contributed by atoms with Crippen LogP contribution in [-0.4, -0.2) is 21.2 Å². The zero-order chi connectivity index (χ0) is 16.4. The lowest BCUT2D eigenvalue weighted by Crippen LogP contribution is -2.13. The molecule has 0 saturated carbocycles. The fourth-order valence-electron chi connectivity index (χ4n) is 1.77. The molecular weight excluding hydrogens is 329 g/mol. The van der Waals surface area contributed by atoms with E-state index >= 15 is 0 Å². The summed E-state index contributed by atoms with van der Waals surface area (Å²) < 4.78 is 64.5. The molecule has 0 amide bonds. The molecule has 120 valence electrons. The predicted molar refractivity (Wildman–Crippen MR) is 74.5 cm³/mol. The maximum absolute atomic E-state index is 12.1. The summed E-state index contributed by atoms with van der Waals surface area (Å²) >= 11 is 0. The van der Waals surface area contributed by atoms with Crippen molar-refractivity contribution in [2.75, 3.05) is 6.61 Å². The first-order valence-electron chi connectivity index (χ1n) is 6.20. The molecule has 0 aliphatic rings. The molecular formula is C13H16ClF3O3S. The average Bonchev–Trinajstić information content (AvgIpc) is 2.27. The summed E-state index contributed by atoms with van der Waals surface area (Å²) in [6, 6.07) is 2.76. The Balaban J connectivity index is 3.11. The molecule has 0 bridgehead atoms. The minimum Gasteiger partial charge on any atom is -0.493 e. The van der Waals surface area contributed by atoms with E-state index in [1.807, 2.05) is 0 Å². The van der Waals surface area contributed by atoms with Crippen molar-refractivity contribution in [2.24, 2.45) is 0 Å².